The van der Waals surface area contributed by atoms with Gasteiger partial charge in [0, 0.05) is 11.9 Å². The lowest BCUT2D eigenvalue weighted by Gasteiger charge is -2.13. The Hall–Kier alpha value is -3.15. The van der Waals surface area contributed by atoms with E-state index in [4.69, 9.17) is 4.74 Å². The van der Waals surface area contributed by atoms with E-state index in [1.54, 1.807) is 17.1 Å². The Bertz CT molecular complexity index is 929. The van der Waals surface area contributed by atoms with Crippen molar-refractivity contribution in [3.8, 4) is 11.6 Å². The van der Waals surface area contributed by atoms with Gasteiger partial charge in [0.1, 0.15) is 5.75 Å². The minimum Gasteiger partial charge on any atom is -0.490 e. The Morgan fingerprint density at radius 1 is 1.18 bits per heavy atom. The van der Waals surface area contributed by atoms with Gasteiger partial charge < -0.3 is 10.1 Å². The quantitative estimate of drug-likeness (QED) is 0.692. The number of hydrogen-bond acceptors (Lipinski definition) is 4. The monoisotopic (exact) mass is 376 g/mol. The highest BCUT2D eigenvalue weighted by Gasteiger charge is 2.18. The van der Waals surface area contributed by atoms with Gasteiger partial charge in [-0.05, 0) is 68.5 Å². The molecule has 1 amide bonds. The predicted octanol–water partition coefficient (Wildman–Crippen LogP) is 4.40. The van der Waals surface area contributed by atoms with E-state index in [2.05, 4.69) is 15.4 Å². The number of rotatable bonds is 6. The van der Waals surface area contributed by atoms with Crippen molar-refractivity contribution < 1.29 is 9.53 Å². The number of carbonyl (C=O) groups excluding carboxylic acids is 1. The van der Waals surface area contributed by atoms with Gasteiger partial charge in [-0.25, -0.2) is 9.67 Å². The second-order valence-electron chi connectivity index (χ2n) is 6.96. The van der Waals surface area contributed by atoms with Gasteiger partial charge in [-0.2, -0.15) is 5.10 Å². The zero-order valence-corrected chi connectivity index (χ0v) is 16.0. The van der Waals surface area contributed by atoms with Gasteiger partial charge in [-0.15, -0.1) is 0 Å². The summed E-state index contributed by atoms with van der Waals surface area (Å²) in [5.74, 6) is 1.37. The number of carbonyl (C=O) groups is 1. The maximum atomic E-state index is 12.8. The summed E-state index contributed by atoms with van der Waals surface area (Å²) in [6.45, 7) is 2.00. The van der Waals surface area contributed by atoms with E-state index in [-0.39, 0.29) is 5.91 Å². The van der Waals surface area contributed by atoms with Gasteiger partial charge in [0.15, 0.2) is 5.82 Å². The van der Waals surface area contributed by atoms with Gasteiger partial charge in [-0.1, -0.05) is 13.0 Å². The normalized spacial score (nSPS) is 14.2. The highest BCUT2D eigenvalue weighted by molar-refractivity contribution is 6.05. The molecule has 1 aliphatic carbocycles. The van der Waals surface area contributed by atoms with Crippen LogP contribution in [-0.2, 0) is 6.42 Å². The van der Waals surface area contributed by atoms with Crippen LogP contribution in [0.2, 0.25) is 0 Å². The molecule has 1 N–H and O–H groups in total. The Balaban J connectivity index is 1.47. The second kappa shape index (κ2) is 8.25. The van der Waals surface area contributed by atoms with Crippen LogP contribution in [0.25, 0.3) is 5.82 Å². The fourth-order valence-electron chi connectivity index (χ4n) is 3.59. The third-order valence-electron chi connectivity index (χ3n) is 5.03. The lowest BCUT2D eigenvalue weighted by Crippen LogP contribution is -2.15. The van der Waals surface area contributed by atoms with E-state index in [0.717, 1.165) is 30.0 Å². The van der Waals surface area contributed by atoms with Gasteiger partial charge in [0.05, 0.1) is 23.6 Å². The van der Waals surface area contributed by atoms with Gasteiger partial charge in [-0.3, -0.25) is 4.79 Å². The predicted molar refractivity (Wildman–Crippen MR) is 108 cm³/mol. The Kier molecular flexibility index (Phi) is 5.37. The van der Waals surface area contributed by atoms with Crippen molar-refractivity contribution in [2.75, 3.05) is 5.32 Å². The number of aromatic nitrogens is 3. The van der Waals surface area contributed by atoms with Crippen LogP contribution in [0.5, 0.6) is 5.75 Å². The third-order valence-corrected chi connectivity index (χ3v) is 5.03. The van der Waals surface area contributed by atoms with Crippen LogP contribution in [0.15, 0.2) is 54.9 Å². The molecule has 6 heteroatoms. The molecule has 0 bridgehead atoms. The molecule has 0 radical (unpaired) electrons. The van der Waals surface area contributed by atoms with Crippen molar-refractivity contribution in [1.82, 2.24) is 14.8 Å². The number of ether oxygens (including phenoxy) is 1. The standard InChI is InChI=1S/C22H24N4O2/c1-2-20-19(15-24-26(20)21-9-5-6-14-23-21)22(27)25-16-10-12-18(13-11-16)28-17-7-3-4-8-17/h5-6,9-15,17H,2-4,7-8H2,1H3,(H,25,27). The van der Waals surface area contributed by atoms with Crippen LogP contribution in [0.4, 0.5) is 5.69 Å². The van der Waals surface area contributed by atoms with Crippen LogP contribution in [-0.4, -0.2) is 26.8 Å². The van der Waals surface area contributed by atoms with Crippen molar-refractivity contribution >= 4 is 11.6 Å². The summed E-state index contributed by atoms with van der Waals surface area (Å²) < 4.78 is 7.69. The van der Waals surface area contributed by atoms with Crippen molar-refractivity contribution in [3.63, 3.8) is 0 Å². The summed E-state index contributed by atoms with van der Waals surface area (Å²) >= 11 is 0. The van der Waals surface area contributed by atoms with E-state index < -0.39 is 0 Å². The third kappa shape index (κ3) is 3.91. The average molecular weight is 376 g/mol. The zero-order chi connectivity index (χ0) is 19.3. The molecule has 0 aliphatic heterocycles. The van der Waals surface area contributed by atoms with Crippen molar-refractivity contribution in [3.05, 3.63) is 66.1 Å². The molecule has 2 heterocycles. The molecule has 0 spiro atoms. The fourth-order valence-corrected chi connectivity index (χ4v) is 3.59. The smallest absolute Gasteiger partial charge is 0.259 e. The number of hydrogen-bond donors (Lipinski definition) is 1. The molecule has 1 fully saturated rings. The number of nitrogens with zero attached hydrogens (tertiary/aromatic N) is 3. The molecule has 3 aromatic rings. The molecule has 28 heavy (non-hydrogen) atoms. The number of pyridine rings is 1. The summed E-state index contributed by atoms with van der Waals surface area (Å²) in [6, 6.07) is 13.2. The first kappa shape index (κ1) is 18.2. The minimum atomic E-state index is -0.177. The van der Waals surface area contributed by atoms with Crippen molar-refractivity contribution in [1.29, 1.82) is 0 Å². The topological polar surface area (TPSA) is 69.0 Å². The highest BCUT2D eigenvalue weighted by Crippen LogP contribution is 2.25. The number of benzene rings is 1. The van der Waals surface area contributed by atoms with Crippen LogP contribution in [0.1, 0.15) is 48.7 Å². The molecule has 0 unspecified atom stereocenters. The molecule has 1 saturated carbocycles. The second-order valence-corrected chi connectivity index (χ2v) is 6.96. The Morgan fingerprint density at radius 2 is 1.96 bits per heavy atom. The maximum absolute atomic E-state index is 12.8. The molecule has 2 aromatic heterocycles. The first-order valence-corrected chi connectivity index (χ1v) is 9.81. The van der Waals surface area contributed by atoms with Crippen LogP contribution < -0.4 is 10.1 Å². The van der Waals surface area contributed by atoms with E-state index in [1.165, 1.54) is 12.8 Å². The molecular formula is C22H24N4O2. The zero-order valence-electron chi connectivity index (χ0n) is 16.0. The van der Waals surface area contributed by atoms with Gasteiger partial charge in [0.2, 0.25) is 0 Å². The number of nitrogens with one attached hydrogen (secondary N) is 1. The minimum absolute atomic E-state index is 0.177. The molecule has 1 aliphatic rings. The molecule has 6 nitrogen and oxygen atoms in total. The first-order valence-electron chi connectivity index (χ1n) is 9.81. The summed E-state index contributed by atoms with van der Waals surface area (Å²) in [6.07, 6.45) is 9.04. The van der Waals surface area contributed by atoms with E-state index in [0.29, 0.717) is 23.9 Å². The van der Waals surface area contributed by atoms with E-state index >= 15 is 0 Å². The largest absolute Gasteiger partial charge is 0.490 e. The molecular weight excluding hydrogens is 352 g/mol. The lowest BCUT2D eigenvalue weighted by atomic mass is 10.2. The van der Waals surface area contributed by atoms with Crippen molar-refractivity contribution in [2.24, 2.45) is 0 Å². The highest BCUT2D eigenvalue weighted by atomic mass is 16.5. The fraction of sp³-hybridized carbons (Fsp3) is 0.318. The van der Waals surface area contributed by atoms with E-state index in [9.17, 15) is 4.79 Å². The Morgan fingerprint density at radius 3 is 2.64 bits per heavy atom. The van der Waals surface area contributed by atoms with Crippen LogP contribution in [0, 0.1) is 0 Å². The van der Waals surface area contributed by atoms with Gasteiger partial charge in [0.25, 0.3) is 5.91 Å². The maximum Gasteiger partial charge on any atom is 0.259 e. The molecule has 0 atom stereocenters. The summed E-state index contributed by atoms with van der Waals surface area (Å²) in [5, 5.41) is 7.32. The number of amides is 1. The average Bonchev–Trinajstić information content (AvgIpc) is 3.39. The lowest BCUT2D eigenvalue weighted by molar-refractivity contribution is 0.102. The molecule has 0 saturated heterocycles. The molecule has 144 valence electrons. The number of anilines is 1. The van der Waals surface area contributed by atoms with Crippen LogP contribution >= 0.6 is 0 Å². The Labute approximate surface area is 164 Å². The molecule has 1 aromatic carbocycles. The first-order chi connectivity index (χ1) is 13.7. The van der Waals surface area contributed by atoms with Gasteiger partial charge >= 0.3 is 0 Å². The summed E-state index contributed by atoms with van der Waals surface area (Å²) in [7, 11) is 0. The van der Waals surface area contributed by atoms with E-state index in [1.807, 2.05) is 49.4 Å². The van der Waals surface area contributed by atoms with Crippen LogP contribution in [0.3, 0.4) is 0 Å². The summed E-state index contributed by atoms with van der Waals surface area (Å²) in [5.41, 5.74) is 2.12. The van der Waals surface area contributed by atoms with Crippen molar-refractivity contribution in [2.45, 2.75) is 45.1 Å². The SMILES string of the molecule is CCc1c(C(=O)Nc2ccc(OC3CCCC3)cc2)cnn1-c1ccccn1. The molecule has 4 rings (SSSR count). The summed E-state index contributed by atoms with van der Waals surface area (Å²) in [4.78, 5) is 17.1.